The van der Waals surface area contributed by atoms with Crippen LogP contribution in [0.3, 0.4) is 0 Å². The van der Waals surface area contributed by atoms with Crippen molar-refractivity contribution in [1.29, 1.82) is 0 Å². The van der Waals surface area contributed by atoms with Gasteiger partial charge in [0.25, 0.3) is 0 Å². The van der Waals surface area contributed by atoms with Crippen molar-refractivity contribution in [2.75, 3.05) is 5.32 Å². The van der Waals surface area contributed by atoms with Gasteiger partial charge in [-0.2, -0.15) is 0 Å². The molecule has 2 rings (SSSR count). The molecule has 0 bridgehead atoms. The van der Waals surface area contributed by atoms with Crippen LogP contribution in [0.2, 0.25) is 5.02 Å². The fourth-order valence-electron chi connectivity index (χ4n) is 2.70. The number of aromatic carboxylic acids is 1. The van der Waals surface area contributed by atoms with Gasteiger partial charge >= 0.3 is 12.0 Å². The van der Waals surface area contributed by atoms with Gasteiger partial charge in [-0.05, 0) is 42.9 Å². The van der Waals surface area contributed by atoms with Gasteiger partial charge in [0.2, 0.25) is 0 Å². The van der Waals surface area contributed by atoms with E-state index in [4.69, 9.17) is 16.7 Å². The number of benzene rings is 1. The fourth-order valence-corrected chi connectivity index (χ4v) is 2.93. The summed E-state index contributed by atoms with van der Waals surface area (Å²) in [5, 5.41) is 14.8. The number of urea groups is 1. The number of amides is 2. The van der Waals surface area contributed by atoms with E-state index in [1.807, 2.05) is 0 Å². The molecule has 0 aliphatic heterocycles. The van der Waals surface area contributed by atoms with Crippen LogP contribution >= 0.6 is 11.6 Å². The summed E-state index contributed by atoms with van der Waals surface area (Å²) in [5.41, 5.74) is 0.666. The lowest BCUT2D eigenvalue weighted by Gasteiger charge is -2.18. The highest BCUT2D eigenvalue weighted by molar-refractivity contribution is 6.31. The molecule has 1 atom stereocenters. The third-order valence-corrected chi connectivity index (χ3v) is 3.92. The molecule has 1 aliphatic carbocycles. The molecular formula is C15H19ClN2O3. The Kier molecular flexibility index (Phi) is 4.42. The van der Waals surface area contributed by atoms with E-state index in [1.165, 1.54) is 18.2 Å². The number of hydrogen-bond donors (Lipinski definition) is 3. The molecule has 1 aliphatic rings. The van der Waals surface area contributed by atoms with Crippen LogP contribution in [-0.4, -0.2) is 23.1 Å². The second-order valence-electron chi connectivity index (χ2n) is 6.24. The minimum absolute atomic E-state index is 0.0415. The highest BCUT2D eigenvalue weighted by Crippen LogP contribution is 2.36. The first-order chi connectivity index (χ1) is 9.75. The fraction of sp³-hybridized carbons (Fsp3) is 0.467. The maximum Gasteiger partial charge on any atom is 0.335 e. The van der Waals surface area contributed by atoms with E-state index < -0.39 is 5.97 Å². The number of carbonyl (C=O) groups excluding carboxylic acids is 1. The molecular weight excluding hydrogens is 292 g/mol. The van der Waals surface area contributed by atoms with Crippen LogP contribution in [0, 0.1) is 5.41 Å². The largest absolute Gasteiger partial charge is 0.478 e. The first kappa shape index (κ1) is 15.6. The van der Waals surface area contributed by atoms with Gasteiger partial charge in [0.1, 0.15) is 0 Å². The Balaban J connectivity index is 1.98. The number of halogens is 1. The lowest BCUT2D eigenvalue weighted by atomic mass is 9.92. The summed E-state index contributed by atoms with van der Waals surface area (Å²) in [6.07, 6.45) is 2.98. The number of nitrogens with one attached hydrogen (secondary N) is 2. The molecule has 1 unspecified atom stereocenters. The van der Waals surface area contributed by atoms with Crippen molar-refractivity contribution in [3.8, 4) is 0 Å². The number of carboxylic acid groups (broad SMARTS) is 1. The monoisotopic (exact) mass is 310 g/mol. The zero-order chi connectivity index (χ0) is 15.6. The first-order valence-electron chi connectivity index (χ1n) is 6.87. The molecule has 0 heterocycles. The molecule has 0 spiro atoms. The van der Waals surface area contributed by atoms with E-state index in [9.17, 15) is 9.59 Å². The topological polar surface area (TPSA) is 78.4 Å². The van der Waals surface area contributed by atoms with Crippen molar-refractivity contribution in [2.24, 2.45) is 5.41 Å². The van der Waals surface area contributed by atoms with Crippen LogP contribution in [0.15, 0.2) is 18.2 Å². The molecule has 0 aromatic heterocycles. The molecule has 2 amide bonds. The molecule has 1 aromatic carbocycles. The van der Waals surface area contributed by atoms with Crippen molar-refractivity contribution in [2.45, 2.75) is 39.2 Å². The summed E-state index contributed by atoms with van der Waals surface area (Å²) < 4.78 is 0. The van der Waals surface area contributed by atoms with Crippen molar-refractivity contribution < 1.29 is 14.7 Å². The highest BCUT2D eigenvalue weighted by Gasteiger charge is 2.31. The van der Waals surface area contributed by atoms with Crippen molar-refractivity contribution >= 4 is 29.3 Å². The van der Waals surface area contributed by atoms with E-state index in [-0.39, 0.29) is 28.1 Å². The quantitative estimate of drug-likeness (QED) is 0.795. The number of hydrogen-bond acceptors (Lipinski definition) is 2. The Morgan fingerprint density at radius 2 is 2.05 bits per heavy atom. The molecule has 21 heavy (non-hydrogen) atoms. The average molecular weight is 311 g/mol. The van der Waals surface area contributed by atoms with Gasteiger partial charge in [-0.25, -0.2) is 9.59 Å². The molecule has 6 heteroatoms. The van der Waals surface area contributed by atoms with Gasteiger partial charge in [-0.3, -0.25) is 0 Å². The molecule has 1 saturated carbocycles. The standard InChI is InChI=1S/C15H19ClN2O3/c1-15(2)4-3-11(8-15)17-14(21)18-12-6-9(13(19)20)5-10(16)7-12/h5-7,11H,3-4,8H2,1-2H3,(H,19,20)(H2,17,18,21). The minimum atomic E-state index is -1.08. The maximum atomic E-state index is 12.0. The Hall–Kier alpha value is -1.75. The number of carboxylic acids is 1. The van der Waals surface area contributed by atoms with Crippen LogP contribution in [0.25, 0.3) is 0 Å². The highest BCUT2D eigenvalue weighted by atomic mass is 35.5. The van der Waals surface area contributed by atoms with E-state index in [1.54, 1.807) is 0 Å². The number of anilines is 1. The summed E-state index contributed by atoms with van der Waals surface area (Å²) in [5.74, 6) is -1.08. The zero-order valence-electron chi connectivity index (χ0n) is 12.1. The third kappa shape index (κ3) is 4.36. The van der Waals surface area contributed by atoms with Crippen molar-refractivity contribution in [3.63, 3.8) is 0 Å². The second kappa shape index (κ2) is 5.93. The Bertz CT molecular complexity index is 572. The summed E-state index contributed by atoms with van der Waals surface area (Å²) in [4.78, 5) is 22.9. The van der Waals surface area contributed by atoms with Gasteiger partial charge in [-0.15, -0.1) is 0 Å². The predicted octanol–water partition coefficient (Wildman–Crippen LogP) is 3.74. The summed E-state index contributed by atoms with van der Waals surface area (Å²) in [6, 6.07) is 4.06. The van der Waals surface area contributed by atoms with Crippen LogP contribution < -0.4 is 10.6 Å². The first-order valence-corrected chi connectivity index (χ1v) is 7.24. The average Bonchev–Trinajstić information content (AvgIpc) is 2.67. The summed E-state index contributed by atoms with van der Waals surface area (Å²) in [6.45, 7) is 4.37. The normalized spacial score (nSPS) is 20.0. The third-order valence-electron chi connectivity index (χ3n) is 3.71. The van der Waals surface area contributed by atoms with Crippen molar-refractivity contribution in [3.05, 3.63) is 28.8 Å². The minimum Gasteiger partial charge on any atom is -0.478 e. The molecule has 3 N–H and O–H groups in total. The predicted molar refractivity (Wildman–Crippen MR) is 82.0 cm³/mol. The van der Waals surface area contributed by atoms with Crippen LogP contribution in [0.5, 0.6) is 0 Å². The molecule has 114 valence electrons. The van der Waals surface area contributed by atoms with Gasteiger partial charge in [0.15, 0.2) is 0 Å². The SMILES string of the molecule is CC1(C)CCC(NC(=O)Nc2cc(Cl)cc(C(=O)O)c2)C1. The lowest BCUT2D eigenvalue weighted by molar-refractivity contribution is 0.0697. The Morgan fingerprint density at radius 1 is 1.33 bits per heavy atom. The van der Waals surface area contributed by atoms with Crippen LogP contribution in [-0.2, 0) is 0 Å². The number of carbonyl (C=O) groups is 2. The van der Waals surface area contributed by atoms with E-state index in [2.05, 4.69) is 24.5 Å². The van der Waals surface area contributed by atoms with Crippen molar-refractivity contribution in [1.82, 2.24) is 5.32 Å². The molecule has 1 fully saturated rings. The van der Waals surface area contributed by atoms with Gasteiger partial charge < -0.3 is 15.7 Å². The second-order valence-corrected chi connectivity index (χ2v) is 6.67. The van der Waals surface area contributed by atoms with Gasteiger partial charge in [0, 0.05) is 16.8 Å². The smallest absolute Gasteiger partial charge is 0.335 e. The Labute approximate surface area is 128 Å². The lowest BCUT2D eigenvalue weighted by Crippen LogP contribution is -2.36. The van der Waals surface area contributed by atoms with E-state index >= 15 is 0 Å². The maximum absolute atomic E-state index is 12.0. The zero-order valence-corrected chi connectivity index (χ0v) is 12.8. The van der Waals surface area contributed by atoms with Gasteiger partial charge in [0.05, 0.1) is 5.56 Å². The molecule has 0 radical (unpaired) electrons. The molecule has 1 aromatic rings. The van der Waals surface area contributed by atoms with Gasteiger partial charge in [-0.1, -0.05) is 25.4 Å². The number of rotatable bonds is 3. The summed E-state index contributed by atoms with van der Waals surface area (Å²) >= 11 is 5.85. The Morgan fingerprint density at radius 3 is 2.62 bits per heavy atom. The van der Waals surface area contributed by atoms with Crippen LogP contribution in [0.4, 0.5) is 10.5 Å². The van der Waals surface area contributed by atoms with E-state index in [0.717, 1.165) is 19.3 Å². The van der Waals surface area contributed by atoms with E-state index in [0.29, 0.717) is 5.69 Å². The summed E-state index contributed by atoms with van der Waals surface area (Å²) in [7, 11) is 0. The molecule has 0 saturated heterocycles. The van der Waals surface area contributed by atoms with Crippen LogP contribution in [0.1, 0.15) is 43.5 Å². The molecule has 5 nitrogen and oxygen atoms in total.